The molecule has 0 atom stereocenters. The Bertz CT molecular complexity index is 651. The number of hydrogen-bond acceptors (Lipinski definition) is 3. The van der Waals surface area contributed by atoms with Gasteiger partial charge >= 0.3 is 0 Å². The number of carbonyl (C=O) groups excluding carboxylic acids is 1. The Morgan fingerprint density at radius 2 is 1.88 bits per heavy atom. The third kappa shape index (κ3) is 5.61. The lowest BCUT2D eigenvalue weighted by atomic mass is 10.0. The van der Waals surface area contributed by atoms with Crippen LogP contribution in [0.3, 0.4) is 0 Å². The van der Waals surface area contributed by atoms with Crippen molar-refractivity contribution in [1.29, 1.82) is 0 Å². The Labute approximate surface area is 144 Å². The van der Waals surface area contributed by atoms with Gasteiger partial charge in [0.1, 0.15) is 5.75 Å². The van der Waals surface area contributed by atoms with Gasteiger partial charge < -0.3 is 15.4 Å². The third-order valence-electron chi connectivity index (χ3n) is 3.90. The van der Waals surface area contributed by atoms with E-state index >= 15 is 0 Å². The normalized spacial score (nSPS) is 10.5. The van der Waals surface area contributed by atoms with Gasteiger partial charge in [0.25, 0.3) is 0 Å². The van der Waals surface area contributed by atoms with E-state index in [1.807, 2.05) is 36.4 Å². The van der Waals surface area contributed by atoms with Crippen LogP contribution in [-0.2, 0) is 11.2 Å². The largest absolute Gasteiger partial charge is 0.497 e. The lowest BCUT2D eigenvalue weighted by Crippen LogP contribution is -2.31. The zero-order valence-electron chi connectivity index (χ0n) is 14.6. The summed E-state index contributed by atoms with van der Waals surface area (Å²) < 4.78 is 5.20. The number of methoxy groups -OCH3 is 1. The van der Waals surface area contributed by atoms with Crippen LogP contribution < -0.4 is 15.4 Å². The second kappa shape index (κ2) is 8.96. The van der Waals surface area contributed by atoms with Crippen molar-refractivity contribution in [3.05, 3.63) is 59.7 Å². The van der Waals surface area contributed by atoms with Crippen LogP contribution in [0, 0.1) is 0 Å². The highest BCUT2D eigenvalue weighted by Gasteiger charge is 2.03. The Morgan fingerprint density at radius 3 is 2.54 bits per heavy atom. The number of hydrogen-bond donors (Lipinski definition) is 2. The summed E-state index contributed by atoms with van der Waals surface area (Å²) in [6, 6.07) is 16.1. The topological polar surface area (TPSA) is 50.4 Å². The van der Waals surface area contributed by atoms with Crippen molar-refractivity contribution in [3.63, 3.8) is 0 Å². The molecule has 2 aromatic carbocycles. The SMILES string of the molecule is COc1cccc(CCNC(=O)CNc2ccc(C(C)C)cc2)c1. The molecule has 0 aliphatic carbocycles. The fraction of sp³-hybridized carbons (Fsp3) is 0.350. The molecule has 0 aromatic heterocycles. The monoisotopic (exact) mass is 326 g/mol. The first-order chi connectivity index (χ1) is 11.6. The van der Waals surface area contributed by atoms with Crippen LogP contribution in [0.5, 0.6) is 5.75 Å². The number of anilines is 1. The molecule has 4 nitrogen and oxygen atoms in total. The van der Waals surface area contributed by atoms with E-state index in [0.717, 1.165) is 23.4 Å². The van der Waals surface area contributed by atoms with Crippen LogP contribution in [0.15, 0.2) is 48.5 Å². The summed E-state index contributed by atoms with van der Waals surface area (Å²) in [7, 11) is 1.65. The zero-order valence-corrected chi connectivity index (χ0v) is 14.6. The minimum atomic E-state index is -0.00849. The van der Waals surface area contributed by atoms with Crippen LogP contribution in [0.1, 0.15) is 30.9 Å². The number of nitrogens with one attached hydrogen (secondary N) is 2. The van der Waals surface area contributed by atoms with Gasteiger partial charge in [0, 0.05) is 12.2 Å². The van der Waals surface area contributed by atoms with Crippen molar-refractivity contribution >= 4 is 11.6 Å². The molecular formula is C20H26N2O2. The molecule has 0 fully saturated rings. The first-order valence-electron chi connectivity index (χ1n) is 8.32. The molecular weight excluding hydrogens is 300 g/mol. The number of rotatable bonds is 8. The summed E-state index contributed by atoms with van der Waals surface area (Å²) in [5.74, 6) is 1.34. The van der Waals surface area contributed by atoms with Gasteiger partial charge in [0.05, 0.1) is 13.7 Å². The smallest absolute Gasteiger partial charge is 0.239 e. The van der Waals surface area contributed by atoms with E-state index in [4.69, 9.17) is 4.74 Å². The van der Waals surface area contributed by atoms with Gasteiger partial charge in [-0.3, -0.25) is 4.79 Å². The van der Waals surface area contributed by atoms with Crippen molar-refractivity contribution in [2.45, 2.75) is 26.2 Å². The molecule has 0 bridgehead atoms. The Hall–Kier alpha value is -2.49. The zero-order chi connectivity index (χ0) is 17.4. The lowest BCUT2D eigenvalue weighted by Gasteiger charge is -2.10. The van der Waals surface area contributed by atoms with Gasteiger partial charge in [-0.25, -0.2) is 0 Å². The summed E-state index contributed by atoms with van der Waals surface area (Å²) in [5.41, 5.74) is 3.40. The van der Waals surface area contributed by atoms with Gasteiger partial charge in [0.2, 0.25) is 5.91 Å². The second-order valence-corrected chi connectivity index (χ2v) is 6.08. The molecule has 2 aromatic rings. The van der Waals surface area contributed by atoms with E-state index in [-0.39, 0.29) is 12.5 Å². The summed E-state index contributed by atoms with van der Waals surface area (Å²) in [4.78, 5) is 11.9. The third-order valence-corrected chi connectivity index (χ3v) is 3.90. The van der Waals surface area contributed by atoms with Crippen molar-refractivity contribution in [3.8, 4) is 5.75 Å². The van der Waals surface area contributed by atoms with Crippen LogP contribution in [0.25, 0.3) is 0 Å². The molecule has 2 N–H and O–H groups in total. The van der Waals surface area contributed by atoms with Gasteiger partial charge in [0.15, 0.2) is 0 Å². The summed E-state index contributed by atoms with van der Waals surface area (Å²) in [6.45, 7) is 5.22. The predicted octanol–water partition coefficient (Wildman–Crippen LogP) is 3.59. The first kappa shape index (κ1) is 17.9. The maximum Gasteiger partial charge on any atom is 0.239 e. The standard InChI is InChI=1S/C20H26N2O2/c1-15(2)17-7-9-18(10-8-17)22-14-20(23)21-12-11-16-5-4-6-19(13-16)24-3/h4-10,13,15,22H,11-12,14H2,1-3H3,(H,21,23). The van der Waals surface area contributed by atoms with Gasteiger partial charge in [-0.1, -0.05) is 38.1 Å². The van der Waals surface area contributed by atoms with E-state index in [9.17, 15) is 4.79 Å². The van der Waals surface area contributed by atoms with Crippen molar-refractivity contribution in [2.75, 3.05) is 25.5 Å². The van der Waals surface area contributed by atoms with Gasteiger partial charge in [-0.2, -0.15) is 0 Å². The van der Waals surface area contributed by atoms with E-state index in [1.54, 1.807) is 7.11 Å². The van der Waals surface area contributed by atoms with E-state index < -0.39 is 0 Å². The average molecular weight is 326 g/mol. The molecule has 0 aliphatic rings. The molecule has 0 aliphatic heterocycles. The molecule has 1 amide bonds. The molecule has 0 radical (unpaired) electrons. The van der Waals surface area contributed by atoms with Crippen molar-refractivity contribution in [1.82, 2.24) is 5.32 Å². The maximum atomic E-state index is 11.9. The number of ether oxygens (including phenoxy) is 1. The molecule has 0 saturated carbocycles. The number of benzene rings is 2. The Balaban J connectivity index is 1.71. The molecule has 4 heteroatoms. The number of carbonyl (C=O) groups is 1. The minimum absolute atomic E-state index is 0.00849. The van der Waals surface area contributed by atoms with Crippen molar-refractivity contribution < 1.29 is 9.53 Å². The van der Waals surface area contributed by atoms with Gasteiger partial charge in [-0.15, -0.1) is 0 Å². The molecule has 0 saturated heterocycles. The first-order valence-corrected chi connectivity index (χ1v) is 8.32. The maximum absolute atomic E-state index is 11.9. The quantitative estimate of drug-likeness (QED) is 0.779. The average Bonchev–Trinajstić information content (AvgIpc) is 2.60. The van der Waals surface area contributed by atoms with E-state index in [2.05, 4.69) is 36.6 Å². The summed E-state index contributed by atoms with van der Waals surface area (Å²) in [6.07, 6.45) is 0.784. The summed E-state index contributed by atoms with van der Waals surface area (Å²) in [5, 5.41) is 6.07. The Kier molecular flexibility index (Phi) is 6.67. The fourth-order valence-electron chi connectivity index (χ4n) is 2.40. The van der Waals surface area contributed by atoms with E-state index in [1.165, 1.54) is 5.56 Å². The molecule has 2 rings (SSSR count). The molecule has 0 unspecified atom stereocenters. The molecule has 0 spiro atoms. The molecule has 128 valence electrons. The lowest BCUT2D eigenvalue weighted by molar-refractivity contribution is -0.119. The predicted molar refractivity (Wildman–Crippen MR) is 98.7 cm³/mol. The molecule has 24 heavy (non-hydrogen) atoms. The summed E-state index contributed by atoms with van der Waals surface area (Å²) >= 11 is 0. The highest BCUT2D eigenvalue weighted by Crippen LogP contribution is 2.17. The van der Waals surface area contributed by atoms with Crippen LogP contribution in [-0.4, -0.2) is 26.1 Å². The van der Waals surface area contributed by atoms with Crippen LogP contribution in [0.2, 0.25) is 0 Å². The van der Waals surface area contributed by atoms with Crippen LogP contribution >= 0.6 is 0 Å². The second-order valence-electron chi connectivity index (χ2n) is 6.08. The van der Waals surface area contributed by atoms with Crippen LogP contribution in [0.4, 0.5) is 5.69 Å². The van der Waals surface area contributed by atoms with Gasteiger partial charge in [-0.05, 0) is 47.7 Å². The highest BCUT2D eigenvalue weighted by atomic mass is 16.5. The number of amides is 1. The minimum Gasteiger partial charge on any atom is -0.497 e. The van der Waals surface area contributed by atoms with E-state index in [0.29, 0.717) is 12.5 Å². The highest BCUT2D eigenvalue weighted by molar-refractivity contribution is 5.80. The fourth-order valence-corrected chi connectivity index (χ4v) is 2.40. The molecule has 0 heterocycles. The Morgan fingerprint density at radius 1 is 1.12 bits per heavy atom. The van der Waals surface area contributed by atoms with Crippen molar-refractivity contribution in [2.24, 2.45) is 0 Å².